The Morgan fingerprint density at radius 1 is 1.14 bits per heavy atom. The van der Waals surface area contributed by atoms with Crippen LogP contribution in [0, 0.1) is 6.92 Å². The summed E-state index contributed by atoms with van der Waals surface area (Å²) in [6.45, 7) is 2.20. The molecule has 0 bridgehead atoms. The predicted octanol–water partition coefficient (Wildman–Crippen LogP) is 4.26. The molecule has 36 heavy (non-hydrogen) atoms. The highest BCUT2D eigenvalue weighted by atomic mass is 31.2. The number of nitrogens with two attached hydrogens (primary N) is 1. The average Bonchev–Trinajstić information content (AvgIpc) is 2.84. The lowest BCUT2D eigenvalue weighted by Crippen LogP contribution is -2.26. The van der Waals surface area contributed by atoms with E-state index in [0.29, 0.717) is 41.8 Å². The fourth-order valence-corrected chi connectivity index (χ4v) is 3.86. The van der Waals surface area contributed by atoms with Crippen LogP contribution >= 0.6 is 7.60 Å². The molecule has 0 aliphatic rings. The van der Waals surface area contributed by atoms with Crippen molar-refractivity contribution < 1.29 is 28.7 Å². The Morgan fingerprint density at radius 3 is 2.58 bits per heavy atom. The van der Waals surface area contributed by atoms with Gasteiger partial charge in [0.25, 0.3) is 5.91 Å². The van der Waals surface area contributed by atoms with Gasteiger partial charge in [0.2, 0.25) is 0 Å². The number of amides is 1. The highest BCUT2D eigenvalue weighted by Crippen LogP contribution is 2.37. The van der Waals surface area contributed by atoms with Crippen LogP contribution in [-0.4, -0.2) is 28.6 Å². The monoisotopic (exact) mass is 511 g/mol. The molecular weight excluding hydrogens is 485 g/mol. The van der Waals surface area contributed by atoms with Crippen LogP contribution in [0.4, 0.5) is 5.69 Å². The van der Waals surface area contributed by atoms with Crippen LogP contribution in [0.3, 0.4) is 0 Å². The van der Waals surface area contributed by atoms with Gasteiger partial charge < -0.3 is 30.4 Å². The molecule has 1 amide bonds. The van der Waals surface area contributed by atoms with E-state index in [0.717, 1.165) is 11.1 Å². The quantitative estimate of drug-likeness (QED) is 0.0741. The Labute approximate surface area is 207 Å². The first-order valence-electron chi connectivity index (χ1n) is 10.9. The molecular formula is C24H26N5O6P. The second kappa shape index (κ2) is 12.1. The Morgan fingerprint density at radius 2 is 1.89 bits per heavy atom. The van der Waals surface area contributed by atoms with Crippen LogP contribution in [0.15, 0.2) is 65.9 Å². The number of benzene rings is 3. The predicted molar refractivity (Wildman–Crippen MR) is 135 cm³/mol. The highest BCUT2D eigenvalue weighted by Gasteiger charge is 2.18. The first kappa shape index (κ1) is 26.6. The van der Waals surface area contributed by atoms with Crippen molar-refractivity contribution in [1.82, 2.24) is 5.32 Å². The number of carbonyl (C=O) groups excluding carboxylic acids is 1. The lowest BCUT2D eigenvalue weighted by Gasteiger charge is -2.15. The molecule has 0 radical (unpaired) electrons. The molecule has 11 nitrogen and oxygen atoms in total. The number of hydrogen-bond acceptors (Lipinski definition) is 6. The lowest BCUT2D eigenvalue weighted by molar-refractivity contribution is 0.0955. The number of carbonyl (C=O) groups is 1. The SMILES string of the molecule is Cc1cc(OCP(=O)(O)O)cc(ON=[N+]=[N-])c1Cc1ccc(N)c(C(=O)NCCc2ccccc2)c1. The summed E-state index contributed by atoms with van der Waals surface area (Å²) in [5.41, 5.74) is 18.5. The van der Waals surface area contributed by atoms with Crippen LogP contribution < -0.4 is 20.6 Å². The number of rotatable bonds is 11. The van der Waals surface area contributed by atoms with Gasteiger partial charge in [-0.25, -0.2) is 0 Å². The molecule has 0 saturated heterocycles. The van der Waals surface area contributed by atoms with E-state index in [9.17, 15) is 9.36 Å². The van der Waals surface area contributed by atoms with Crippen molar-refractivity contribution >= 4 is 19.2 Å². The normalized spacial score (nSPS) is 10.9. The number of nitrogen functional groups attached to an aromatic ring is 1. The van der Waals surface area contributed by atoms with Gasteiger partial charge in [0, 0.05) is 35.2 Å². The molecule has 0 atom stereocenters. The summed E-state index contributed by atoms with van der Waals surface area (Å²) in [7, 11) is -4.39. The van der Waals surface area contributed by atoms with Crippen molar-refractivity contribution in [3.63, 3.8) is 0 Å². The van der Waals surface area contributed by atoms with E-state index in [2.05, 4.69) is 15.5 Å². The van der Waals surface area contributed by atoms with E-state index in [-0.39, 0.29) is 17.4 Å². The van der Waals surface area contributed by atoms with Crippen molar-refractivity contribution in [2.24, 2.45) is 5.28 Å². The van der Waals surface area contributed by atoms with Gasteiger partial charge in [0.1, 0.15) is 16.8 Å². The molecule has 3 aromatic rings. The molecule has 0 aromatic heterocycles. The average molecular weight is 511 g/mol. The summed E-state index contributed by atoms with van der Waals surface area (Å²) >= 11 is 0. The molecule has 0 spiro atoms. The van der Waals surface area contributed by atoms with Crippen LogP contribution in [0.25, 0.3) is 10.4 Å². The van der Waals surface area contributed by atoms with Crippen molar-refractivity contribution in [2.45, 2.75) is 19.8 Å². The van der Waals surface area contributed by atoms with Crippen LogP contribution in [-0.2, 0) is 17.4 Å². The molecule has 188 valence electrons. The van der Waals surface area contributed by atoms with Crippen LogP contribution in [0.1, 0.15) is 32.6 Å². The minimum atomic E-state index is -4.39. The van der Waals surface area contributed by atoms with Gasteiger partial charge in [-0.15, -0.1) is 0 Å². The molecule has 3 rings (SSSR count). The fourth-order valence-electron chi connectivity index (χ4n) is 3.54. The van der Waals surface area contributed by atoms with E-state index < -0.39 is 13.9 Å². The summed E-state index contributed by atoms with van der Waals surface area (Å²) in [6, 6.07) is 17.8. The van der Waals surface area contributed by atoms with Gasteiger partial charge in [-0.3, -0.25) is 9.36 Å². The number of azide groups is 1. The number of anilines is 1. The molecule has 12 heteroatoms. The Hall–Kier alpha value is -4.01. The standard InChI is InChI=1S/C24H26N5O6P/c1-16-11-19(34-15-36(31,32)33)14-23(35-29-28-26)20(16)12-18-7-8-22(25)21(13-18)24(30)27-10-9-17-5-3-2-4-6-17/h2-8,11,13-14H,9-10,12,15,25H2,1H3,(H,27,30)(H2,31,32,33). The van der Waals surface area contributed by atoms with Crippen molar-refractivity contribution in [3.8, 4) is 11.5 Å². The summed E-state index contributed by atoms with van der Waals surface area (Å²) in [6.07, 6.45) is 0.167. The summed E-state index contributed by atoms with van der Waals surface area (Å²) in [5, 5.41) is 6.03. The van der Waals surface area contributed by atoms with Crippen LogP contribution in [0.5, 0.6) is 11.5 Å². The second-order valence-electron chi connectivity index (χ2n) is 8.01. The number of nitrogens with one attached hydrogen (secondary N) is 1. The van der Waals surface area contributed by atoms with E-state index in [1.807, 2.05) is 30.3 Å². The zero-order valence-electron chi connectivity index (χ0n) is 19.5. The molecule has 0 aliphatic heterocycles. The van der Waals surface area contributed by atoms with E-state index in [1.165, 1.54) is 6.07 Å². The van der Waals surface area contributed by atoms with Crippen molar-refractivity contribution in [3.05, 3.63) is 98.9 Å². The first-order chi connectivity index (χ1) is 17.2. The smallest absolute Gasteiger partial charge is 0.362 e. The Kier molecular flexibility index (Phi) is 8.94. The Balaban J connectivity index is 1.79. The maximum Gasteiger partial charge on any atom is 0.362 e. The summed E-state index contributed by atoms with van der Waals surface area (Å²) < 4.78 is 16.3. The zero-order valence-corrected chi connectivity index (χ0v) is 20.4. The maximum absolute atomic E-state index is 12.8. The molecule has 0 aliphatic carbocycles. The summed E-state index contributed by atoms with van der Waals surface area (Å²) in [5.74, 6) is -0.00792. The molecule has 0 heterocycles. The van der Waals surface area contributed by atoms with Gasteiger partial charge in [-0.05, 0) is 53.8 Å². The van der Waals surface area contributed by atoms with E-state index in [1.54, 1.807) is 31.2 Å². The van der Waals surface area contributed by atoms with E-state index >= 15 is 0 Å². The lowest BCUT2D eigenvalue weighted by atomic mass is 9.97. The molecule has 3 aromatic carbocycles. The second-order valence-corrected chi connectivity index (χ2v) is 9.59. The topological polar surface area (TPSA) is 180 Å². The zero-order chi connectivity index (χ0) is 26.1. The van der Waals surface area contributed by atoms with Gasteiger partial charge in [-0.1, -0.05) is 36.4 Å². The number of aryl methyl sites for hydroxylation is 1. The van der Waals surface area contributed by atoms with Gasteiger partial charge in [-0.2, -0.15) is 0 Å². The third-order valence-electron chi connectivity index (χ3n) is 5.27. The third-order valence-corrected chi connectivity index (χ3v) is 5.73. The first-order valence-corrected chi connectivity index (χ1v) is 12.7. The maximum atomic E-state index is 12.8. The Bertz CT molecular complexity index is 1320. The minimum absolute atomic E-state index is 0.138. The van der Waals surface area contributed by atoms with Gasteiger partial charge >= 0.3 is 7.60 Å². The highest BCUT2D eigenvalue weighted by molar-refractivity contribution is 7.51. The minimum Gasteiger partial charge on any atom is -0.481 e. The van der Waals surface area contributed by atoms with Gasteiger partial charge in [0.15, 0.2) is 6.35 Å². The number of nitrogens with zero attached hydrogens (tertiary/aromatic N) is 3. The molecule has 5 N–H and O–H groups in total. The number of ether oxygens (including phenoxy) is 1. The summed E-state index contributed by atoms with van der Waals surface area (Å²) in [4.78, 5) is 38.6. The van der Waals surface area contributed by atoms with Crippen LogP contribution in [0.2, 0.25) is 0 Å². The fraction of sp³-hybridized carbons (Fsp3) is 0.208. The molecule has 0 fully saturated rings. The van der Waals surface area contributed by atoms with Gasteiger partial charge in [0.05, 0.1) is 5.56 Å². The third kappa shape index (κ3) is 7.76. The molecule has 0 saturated carbocycles. The molecule has 0 unspecified atom stereocenters. The van der Waals surface area contributed by atoms with E-state index in [4.69, 9.17) is 30.6 Å². The number of hydrogen-bond donors (Lipinski definition) is 4. The van der Waals surface area contributed by atoms with Crippen molar-refractivity contribution in [2.75, 3.05) is 18.6 Å². The van der Waals surface area contributed by atoms with Crippen molar-refractivity contribution in [1.29, 1.82) is 0 Å². The largest absolute Gasteiger partial charge is 0.481 e.